The monoisotopic (exact) mass is 372 g/mol. The van der Waals surface area contributed by atoms with Crippen LogP contribution in [0.2, 0.25) is 0 Å². The first-order chi connectivity index (χ1) is 12.9. The first-order valence-electron chi connectivity index (χ1n) is 11.7. The smallest absolute Gasteiger partial charge is 0.0638 e. The Kier molecular flexibility index (Phi) is 4.21. The van der Waals surface area contributed by atoms with Crippen molar-refractivity contribution in [3.8, 4) is 0 Å². The van der Waals surface area contributed by atoms with Crippen LogP contribution in [0, 0.1) is 51.8 Å². The quantitative estimate of drug-likeness (QED) is 0.665. The van der Waals surface area contributed by atoms with Crippen molar-refractivity contribution in [3.63, 3.8) is 0 Å². The number of aliphatic hydroxyl groups excluding tert-OH is 1. The van der Waals surface area contributed by atoms with Crippen LogP contribution >= 0.6 is 0 Å². The minimum Gasteiger partial charge on any atom is -0.392 e. The molecule has 0 saturated heterocycles. The van der Waals surface area contributed by atoms with Crippen LogP contribution in [0.25, 0.3) is 0 Å². The predicted molar refractivity (Wildman–Crippen MR) is 109 cm³/mol. The number of ether oxygens (including phenoxy) is 1. The van der Waals surface area contributed by atoms with Gasteiger partial charge in [0, 0.05) is 12.5 Å². The van der Waals surface area contributed by atoms with E-state index in [1.807, 2.05) is 13.2 Å². The second-order valence-corrected chi connectivity index (χ2v) is 11.4. The third kappa shape index (κ3) is 2.21. The average Bonchev–Trinajstić information content (AvgIpc) is 3.16. The molecule has 0 aromatic heterocycles. The van der Waals surface area contributed by atoms with E-state index in [0.717, 1.165) is 29.6 Å². The van der Waals surface area contributed by atoms with Gasteiger partial charge in [0.15, 0.2) is 0 Å². The Hall–Kier alpha value is -0.340. The van der Waals surface area contributed by atoms with E-state index in [9.17, 15) is 5.11 Å². The van der Waals surface area contributed by atoms with Gasteiger partial charge in [-0.05, 0) is 97.7 Å². The molecule has 0 amide bonds. The number of methoxy groups -OCH3 is 1. The highest BCUT2D eigenvalue weighted by atomic mass is 16.5. The molecule has 0 aromatic rings. The molecule has 10 atom stereocenters. The molecule has 2 heteroatoms. The summed E-state index contributed by atoms with van der Waals surface area (Å²) in [6.07, 6.45) is 16.2. The summed E-state index contributed by atoms with van der Waals surface area (Å²) in [5.41, 5.74) is 1.58. The second-order valence-electron chi connectivity index (χ2n) is 11.4. The molecule has 5 rings (SSSR count). The number of hydrogen-bond donors (Lipinski definition) is 1. The molecule has 1 spiro atoms. The molecule has 5 aliphatic carbocycles. The maximum atomic E-state index is 9.21. The summed E-state index contributed by atoms with van der Waals surface area (Å²) < 4.78 is 6.23. The largest absolute Gasteiger partial charge is 0.392 e. The van der Waals surface area contributed by atoms with Crippen LogP contribution in [0.5, 0.6) is 0 Å². The summed E-state index contributed by atoms with van der Waals surface area (Å²) >= 11 is 0. The Morgan fingerprint density at radius 3 is 2.63 bits per heavy atom. The van der Waals surface area contributed by atoms with Gasteiger partial charge < -0.3 is 9.84 Å². The number of allylic oxidation sites excluding steroid dienone is 1. The van der Waals surface area contributed by atoms with Gasteiger partial charge in [-0.1, -0.05) is 32.9 Å². The molecular weight excluding hydrogens is 332 g/mol. The van der Waals surface area contributed by atoms with Crippen LogP contribution in [0.1, 0.15) is 72.1 Å². The lowest BCUT2D eigenvalue weighted by Gasteiger charge is -2.61. The zero-order valence-electron chi connectivity index (χ0n) is 17.9. The molecule has 152 valence electrons. The third-order valence-electron chi connectivity index (χ3n) is 11.1. The minimum atomic E-state index is 0.180. The minimum absolute atomic E-state index is 0.180. The maximum absolute atomic E-state index is 9.21. The molecule has 2 nitrogen and oxygen atoms in total. The van der Waals surface area contributed by atoms with Crippen molar-refractivity contribution in [2.45, 2.75) is 78.2 Å². The fourth-order valence-electron chi connectivity index (χ4n) is 9.89. The van der Waals surface area contributed by atoms with Gasteiger partial charge >= 0.3 is 0 Å². The lowest BCUT2D eigenvalue weighted by molar-refractivity contribution is -0.160. The molecule has 27 heavy (non-hydrogen) atoms. The van der Waals surface area contributed by atoms with Gasteiger partial charge in [0.05, 0.1) is 12.7 Å². The van der Waals surface area contributed by atoms with Crippen molar-refractivity contribution in [1.82, 2.24) is 0 Å². The van der Waals surface area contributed by atoms with Crippen molar-refractivity contribution in [3.05, 3.63) is 12.2 Å². The predicted octanol–water partition coefficient (Wildman–Crippen LogP) is 5.45. The highest BCUT2D eigenvalue weighted by Crippen LogP contribution is 2.82. The van der Waals surface area contributed by atoms with Crippen LogP contribution < -0.4 is 0 Å². The topological polar surface area (TPSA) is 29.5 Å². The fraction of sp³-hybridized carbons (Fsp3) is 0.920. The highest BCUT2D eigenvalue weighted by molar-refractivity contribution is 5.26. The van der Waals surface area contributed by atoms with Crippen LogP contribution in [0.15, 0.2) is 12.2 Å². The summed E-state index contributed by atoms with van der Waals surface area (Å²) in [5.74, 6) is 5.05. The van der Waals surface area contributed by atoms with Gasteiger partial charge in [-0.25, -0.2) is 0 Å². The Balaban J connectivity index is 1.45. The number of hydrogen-bond acceptors (Lipinski definition) is 2. The number of fused-ring (bicyclic) bond motifs is 4. The van der Waals surface area contributed by atoms with Gasteiger partial charge in [0.1, 0.15) is 0 Å². The van der Waals surface area contributed by atoms with E-state index in [1.54, 1.807) is 0 Å². The Morgan fingerprint density at radius 1 is 1.11 bits per heavy atom. The summed E-state index contributed by atoms with van der Waals surface area (Å²) in [6, 6.07) is 0. The van der Waals surface area contributed by atoms with E-state index in [0.29, 0.717) is 28.3 Å². The maximum Gasteiger partial charge on any atom is 0.0638 e. The molecule has 5 saturated carbocycles. The van der Waals surface area contributed by atoms with E-state index in [2.05, 4.69) is 26.8 Å². The Labute approximate surface area is 166 Å². The first-order valence-corrected chi connectivity index (χ1v) is 11.7. The zero-order chi connectivity index (χ0) is 19.0. The summed E-state index contributed by atoms with van der Waals surface area (Å²) in [7, 11) is 2.00. The molecule has 10 unspecified atom stereocenters. The van der Waals surface area contributed by atoms with Crippen molar-refractivity contribution < 1.29 is 9.84 Å². The van der Waals surface area contributed by atoms with E-state index in [4.69, 9.17) is 4.74 Å². The Bertz CT molecular complexity index is 628. The zero-order valence-corrected chi connectivity index (χ0v) is 17.9. The highest BCUT2D eigenvalue weighted by Gasteiger charge is 2.77. The SMILES string of the molecule is COC1CC2C3CCC(C(C)/C=C/CO)C3(C)CCC2C2(C)CCC3CC312. The van der Waals surface area contributed by atoms with Gasteiger partial charge in [0.25, 0.3) is 0 Å². The molecule has 5 fully saturated rings. The molecule has 1 N–H and O–H groups in total. The van der Waals surface area contributed by atoms with Gasteiger partial charge in [0.2, 0.25) is 0 Å². The summed E-state index contributed by atoms with van der Waals surface area (Å²) in [4.78, 5) is 0. The molecule has 0 bridgehead atoms. The number of rotatable bonds is 4. The van der Waals surface area contributed by atoms with Crippen LogP contribution in [0.3, 0.4) is 0 Å². The third-order valence-corrected chi connectivity index (χ3v) is 11.1. The van der Waals surface area contributed by atoms with E-state index in [1.165, 1.54) is 51.4 Å². The van der Waals surface area contributed by atoms with E-state index in [-0.39, 0.29) is 6.61 Å². The molecule has 0 aromatic carbocycles. The fourth-order valence-corrected chi connectivity index (χ4v) is 9.89. The van der Waals surface area contributed by atoms with Crippen molar-refractivity contribution >= 4 is 0 Å². The molecule has 0 heterocycles. The normalized spacial score (nSPS) is 57.1. The standard InChI is InChI=1S/C25H40O2/c1-16(6-5-13-26)19-7-8-20-18-14-22(27-4)25-15-17(25)9-12-24(25,3)21(18)10-11-23(19,20)2/h5-6,16-22,26H,7-15H2,1-4H3/b6-5+. The molecule has 5 aliphatic rings. The molecule has 0 aliphatic heterocycles. The first kappa shape index (κ1) is 18.7. The van der Waals surface area contributed by atoms with Gasteiger partial charge in [-0.2, -0.15) is 0 Å². The number of aliphatic hydroxyl groups is 1. The average molecular weight is 373 g/mol. The lowest BCUT2D eigenvalue weighted by atomic mass is 9.45. The van der Waals surface area contributed by atoms with Gasteiger partial charge in [-0.3, -0.25) is 0 Å². The van der Waals surface area contributed by atoms with Crippen LogP contribution in [-0.4, -0.2) is 24.9 Å². The van der Waals surface area contributed by atoms with E-state index < -0.39 is 0 Å². The van der Waals surface area contributed by atoms with Crippen molar-refractivity contribution in [1.29, 1.82) is 0 Å². The lowest BCUT2D eigenvalue weighted by Crippen LogP contribution is -2.57. The summed E-state index contributed by atoms with van der Waals surface area (Å²) in [6.45, 7) is 7.86. The van der Waals surface area contributed by atoms with Crippen LogP contribution in [-0.2, 0) is 4.74 Å². The Morgan fingerprint density at radius 2 is 1.93 bits per heavy atom. The second kappa shape index (κ2) is 6.08. The van der Waals surface area contributed by atoms with E-state index >= 15 is 0 Å². The van der Waals surface area contributed by atoms with Crippen LogP contribution in [0.4, 0.5) is 0 Å². The molecule has 0 radical (unpaired) electrons. The molecular formula is C25H40O2. The summed E-state index contributed by atoms with van der Waals surface area (Å²) in [5, 5.41) is 9.21. The van der Waals surface area contributed by atoms with Crippen molar-refractivity contribution in [2.24, 2.45) is 51.8 Å². The van der Waals surface area contributed by atoms with Gasteiger partial charge in [-0.15, -0.1) is 0 Å². The van der Waals surface area contributed by atoms with Crippen molar-refractivity contribution in [2.75, 3.05) is 13.7 Å².